The van der Waals surface area contributed by atoms with E-state index in [-0.39, 0.29) is 17.0 Å². The quantitative estimate of drug-likeness (QED) is 0.829. The number of nitrogens with one attached hydrogen (secondary N) is 2. The zero-order chi connectivity index (χ0) is 14.4. The standard InChI is InChI=1S/C15H24N2O2/c1-5-7-12-8-13(15(19)17-11(12)4)14(18)16-9-10(3)6-2/h8,10H,5-7,9H2,1-4H3,(H,16,18)(H,17,19)/t10-/m1/s1. The Balaban J connectivity index is 2.90. The molecule has 0 aliphatic carbocycles. The third kappa shape index (κ3) is 4.23. The van der Waals surface area contributed by atoms with Gasteiger partial charge in [-0.1, -0.05) is 33.6 Å². The maximum absolute atomic E-state index is 12.0. The van der Waals surface area contributed by atoms with Crippen molar-refractivity contribution in [1.29, 1.82) is 0 Å². The number of aryl methyl sites for hydroxylation is 2. The Morgan fingerprint density at radius 2 is 2.11 bits per heavy atom. The molecule has 4 heteroatoms. The largest absolute Gasteiger partial charge is 0.352 e. The average Bonchev–Trinajstić information content (AvgIpc) is 2.38. The SMILES string of the molecule is CCCc1cc(C(=O)NC[C@H](C)CC)c(=O)[nH]c1C. The summed E-state index contributed by atoms with van der Waals surface area (Å²) in [6.45, 7) is 8.70. The lowest BCUT2D eigenvalue weighted by Gasteiger charge is -2.11. The Morgan fingerprint density at radius 3 is 2.68 bits per heavy atom. The van der Waals surface area contributed by atoms with Crippen LogP contribution in [0.2, 0.25) is 0 Å². The van der Waals surface area contributed by atoms with Crippen molar-refractivity contribution in [1.82, 2.24) is 10.3 Å². The molecule has 1 amide bonds. The van der Waals surface area contributed by atoms with Gasteiger partial charge in [0.2, 0.25) is 0 Å². The maximum atomic E-state index is 12.0. The number of aromatic amines is 1. The van der Waals surface area contributed by atoms with Crippen LogP contribution in [0.1, 0.15) is 55.2 Å². The molecular formula is C15H24N2O2. The minimum Gasteiger partial charge on any atom is -0.352 e. The molecule has 1 aromatic rings. The van der Waals surface area contributed by atoms with Crippen LogP contribution in [-0.2, 0) is 6.42 Å². The van der Waals surface area contributed by atoms with Gasteiger partial charge in [-0.25, -0.2) is 0 Å². The second-order valence-corrected chi connectivity index (χ2v) is 5.14. The van der Waals surface area contributed by atoms with Gasteiger partial charge < -0.3 is 10.3 Å². The van der Waals surface area contributed by atoms with E-state index < -0.39 is 0 Å². The summed E-state index contributed by atoms with van der Waals surface area (Å²) >= 11 is 0. The summed E-state index contributed by atoms with van der Waals surface area (Å²) in [6, 6.07) is 1.73. The Kier molecular flexibility index (Phi) is 5.80. The van der Waals surface area contributed by atoms with Crippen molar-refractivity contribution < 1.29 is 4.79 Å². The van der Waals surface area contributed by atoms with Crippen molar-refractivity contribution in [2.45, 2.75) is 47.0 Å². The van der Waals surface area contributed by atoms with Crippen LogP contribution in [0.3, 0.4) is 0 Å². The van der Waals surface area contributed by atoms with Gasteiger partial charge in [0.1, 0.15) is 5.56 Å². The lowest BCUT2D eigenvalue weighted by molar-refractivity contribution is 0.0946. The van der Waals surface area contributed by atoms with E-state index in [1.807, 2.05) is 6.92 Å². The molecular weight excluding hydrogens is 240 g/mol. The highest BCUT2D eigenvalue weighted by Gasteiger charge is 2.13. The smallest absolute Gasteiger partial charge is 0.261 e. The van der Waals surface area contributed by atoms with Crippen LogP contribution >= 0.6 is 0 Å². The van der Waals surface area contributed by atoms with Crippen LogP contribution < -0.4 is 10.9 Å². The van der Waals surface area contributed by atoms with Crippen molar-refractivity contribution in [2.75, 3.05) is 6.54 Å². The molecule has 106 valence electrons. The Labute approximate surface area is 114 Å². The average molecular weight is 264 g/mol. The highest BCUT2D eigenvalue weighted by Crippen LogP contribution is 2.08. The number of hydrogen-bond donors (Lipinski definition) is 2. The van der Waals surface area contributed by atoms with Crippen molar-refractivity contribution in [3.8, 4) is 0 Å². The van der Waals surface area contributed by atoms with Crippen LogP contribution in [0.5, 0.6) is 0 Å². The molecule has 1 aromatic heterocycles. The second-order valence-electron chi connectivity index (χ2n) is 5.14. The molecule has 1 heterocycles. The number of rotatable bonds is 6. The van der Waals surface area contributed by atoms with Crippen LogP contribution in [0.15, 0.2) is 10.9 Å². The number of H-pyrrole nitrogens is 1. The van der Waals surface area contributed by atoms with Gasteiger partial charge in [0.05, 0.1) is 0 Å². The highest BCUT2D eigenvalue weighted by atomic mass is 16.2. The topological polar surface area (TPSA) is 62.0 Å². The molecule has 2 N–H and O–H groups in total. The van der Waals surface area contributed by atoms with Crippen LogP contribution in [0, 0.1) is 12.8 Å². The molecule has 0 aliphatic heterocycles. The van der Waals surface area contributed by atoms with Gasteiger partial charge in [0.15, 0.2) is 0 Å². The van der Waals surface area contributed by atoms with Crippen LogP contribution in [0.25, 0.3) is 0 Å². The van der Waals surface area contributed by atoms with Crippen LogP contribution in [-0.4, -0.2) is 17.4 Å². The van der Waals surface area contributed by atoms with E-state index in [9.17, 15) is 9.59 Å². The monoisotopic (exact) mass is 264 g/mol. The minimum absolute atomic E-state index is 0.220. The second kappa shape index (κ2) is 7.12. The number of carbonyl (C=O) groups is 1. The first kappa shape index (κ1) is 15.5. The Morgan fingerprint density at radius 1 is 1.42 bits per heavy atom. The molecule has 0 spiro atoms. The summed E-state index contributed by atoms with van der Waals surface area (Å²) in [5.74, 6) is 0.141. The van der Waals surface area contributed by atoms with Crippen molar-refractivity contribution in [3.05, 3.63) is 33.2 Å². The Hall–Kier alpha value is -1.58. The van der Waals surface area contributed by atoms with E-state index in [4.69, 9.17) is 0 Å². The summed E-state index contributed by atoms with van der Waals surface area (Å²) in [5, 5.41) is 2.82. The fraction of sp³-hybridized carbons (Fsp3) is 0.600. The zero-order valence-corrected chi connectivity index (χ0v) is 12.3. The molecule has 0 saturated heterocycles. The van der Waals surface area contributed by atoms with Crippen LogP contribution in [0.4, 0.5) is 0 Å². The summed E-state index contributed by atoms with van der Waals surface area (Å²) in [4.78, 5) is 26.6. The van der Waals surface area contributed by atoms with E-state index in [2.05, 4.69) is 31.1 Å². The van der Waals surface area contributed by atoms with E-state index in [1.165, 1.54) is 0 Å². The number of aromatic nitrogens is 1. The van der Waals surface area contributed by atoms with Crippen molar-refractivity contribution >= 4 is 5.91 Å². The summed E-state index contributed by atoms with van der Waals surface area (Å²) < 4.78 is 0. The van der Waals surface area contributed by atoms with Gasteiger partial charge in [-0.2, -0.15) is 0 Å². The summed E-state index contributed by atoms with van der Waals surface area (Å²) in [7, 11) is 0. The van der Waals surface area contributed by atoms with Gasteiger partial charge in [-0.3, -0.25) is 9.59 Å². The molecule has 0 radical (unpaired) electrons. The van der Waals surface area contributed by atoms with Gasteiger partial charge in [-0.15, -0.1) is 0 Å². The van der Waals surface area contributed by atoms with Crippen molar-refractivity contribution in [2.24, 2.45) is 5.92 Å². The van der Waals surface area contributed by atoms with Gasteiger partial charge >= 0.3 is 0 Å². The van der Waals surface area contributed by atoms with Gasteiger partial charge in [0.25, 0.3) is 11.5 Å². The molecule has 0 unspecified atom stereocenters. The molecule has 0 bridgehead atoms. The molecule has 4 nitrogen and oxygen atoms in total. The molecule has 0 fully saturated rings. The van der Waals surface area contributed by atoms with Gasteiger partial charge in [0, 0.05) is 12.2 Å². The summed E-state index contributed by atoms with van der Waals surface area (Å²) in [6.07, 6.45) is 2.86. The molecule has 0 aliphatic rings. The molecule has 1 atom stereocenters. The summed E-state index contributed by atoms with van der Waals surface area (Å²) in [5.41, 5.74) is 1.80. The Bertz CT molecular complexity index is 491. The first-order valence-electron chi connectivity index (χ1n) is 7.00. The van der Waals surface area contributed by atoms with Crippen molar-refractivity contribution in [3.63, 3.8) is 0 Å². The minimum atomic E-state index is -0.306. The maximum Gasteiger partial charge on any atom is 0.261 e. The zero-order valence-electron chi connectivity index (χ0n) is 12.3. The lowest BCUT2D eigenvalue weighted by atomic mass is 10.1. The molecule has 19 heavy (non-hydrogen) atoms. The predicted molar refractivity (Wildman–Crippen MR) is 77.6 cm³/mol. The number of amides is 1. The first-order valence-corrected chi connectivity index (χ1v) is 7.00. The first-order chi connectivity index (χ1) is 8.99. The lowest BCUT2D eigenvalue weighted by Crippen LogP contribution is -2.33. The fourth-order valence-corrected chi connectivity index (χ4v) is 1.87. The van der Waals surface area contributed by atoms with Gasteiger partial charge in [-0.05, 0) is 30.9 Å². The molecule has 0 saturated carbocycles. The highest BCUT2D eigenvalue weighted by molar-refractivity contribution is 5.94. The van der Waals surface area contributed by atoms with E-state index >= 15 is 0 Å². The molecule has 1 rings (SSSR count). The number of pyridine rings is 1. The number of hydrogen-bond acceptors (Lipinski definition) is 2. The predicted octanol–water partition coefficient (Wildman–Crippen LogP) is 2.41. The molecule has 0 aromatic carbocycles. The third-order valence-corrected chi connectivity index (χ3v) is 3.42. The normalized spacial score (nSPS) is 12.2. The van der Waals surface area contributed by atoms with E-state index in [0.717, 1.165) is 30.5 Å². The third-order valence-electron chi connectivity index (χ3n) is 3.42. The fourth-order valence-electron chi connectivity index (χ4n) is 1.87. The van der Waals surface area contributed by atoms with E-state index in [0.29, 0.717) is 12.5 Å². The number of carbonyl (C=O) groups excluding carboxylic acids is 1. The van der Waals surface area contributed by atoms with E-state index in [1.54, 1.807) is 6.07 Å².